The first-order valence-electron chi connectivity index (χ1n) is 4.34. The van der Waals surface area contributed by atoms with Crippen molar-refractivity contribution in [3.63, 3.8) is 0 Å². The smallest absolute Gasteiger partial charge is 0.132 e. The van der Waals surface area contributed by atoms with Crippen LogP contribution in [0.25, 0.3) is 0 Å². The first-order valence-corrected chi connectivity index (χ1v) is 4.34. The van der Waals surface area contributed by atoms with E-state index in [9.17, 15) is 9.90 Å². The van der Waals surface area contributed by atoms with Gasteiger partial charge in [-0.15, -0.1) is 0 Å². The molecule has 3 unspecified atom stereocenters. The number of aliphatic hydroxyl groups is 1. The predicted octanol–water partition coefficient (Wildman–Crippen LogP) is 0.570. The first-order chi connectivity index (χ1) is 5.49. The highest BCUT2D eigenvalue weighted by atomic mass is 16.3. The highest BCUT2D eigenvalue weighted by Gasteiger charge is 2.17. The maximum atomic E-state index is 10.9. The van der Waals surface area contributed by atoms with Crippen LogP contribution in [-0.4, -0.2) is 30.1 Å². The second-order valence-corrected chi connectivity index (χ2v) is 3.39. The number of hydrogen-bond acceptors (Lipinski definition) is 3. The Kier molecular flexibility index (Phi) is 5.09. The number of carbonyl (C=O) groups is 1. The minimum atomic E-state index is -0.436. The number of Topliss-reactive ketones (excluding diaryl/α,β-unsaturated/α-hetero) is 1. The highest BCUT2D eigenvalue weighted by molar-refractivity contribution is 5.77. The molecule has 0 aliphatic heterocycles. The van der Waals surface area contributed by atoms with Crippen LogP contribution < -0.4 is 5.32 Å². The molecule has 0 aromatic rings. The molecule has 0 spiro atoms. The molecular formula is C9H19NO2. The average Bonchev–Trinajstić information content (AvgIpc) is 2.02. The molecule has 0 rings (SSSR count). The second-order valence-electron chi connectivity index (χ2n) is 3.39. The Morgan fingerprint density at radius 3 is 2.33 bits per heavy atom. The van der Waals surface area contributed by atoms with Gasteiger partial charge in [0.15, 0.2) is 0 Å². The van der Waals surface area contributed by atoms with Crippen LogP contribution in [0.5, 0.6) is 0 Å². The van der Waals surface area contributed by atoms with Gasteiger partial charge in [-0.3, -0.25) is 4.79 Å². The van der Waals surface area contributed by atoms with Gasteiger partial charge in [0.25, 0.3) is 0 Å². The number of aliphatic hydroxyl groups excluding tert-OH is 1. The number of nitrogens with one attached hydrogen (secondary N) is 1. The summed E-state index contributed by atoms with van der Waals surface area (Å²) in [5.41, 5.74) is 0. The van der Waals surface area contributed by atoms with Crippen molar-refractivity contribution in [2.45, 2.75) is 39.3 Å². The molecule has 3 heteroatoms. The van der Waals surface area contributed by atoms with E-state index in [1.165, 1.54) is 0 Å². The number of likely N-dealkylation sites (N-methyl/N-ethyl adjacent to an activating group) is 1. The molecule has 0 amide bonds. The van der Waals surface area contributed by atoms with Crippen LogP contribution in [-0.2, 0) is 4.79 Å². The third-order valence-corrected chi connectivity index (χ3v) is 2.32. The van der Waals surface area contributed by atoms with Crippen molar-refractivity contribution in [1.29, 1.82) is 0 Å². The molecule has 0 saturated heterocycles. The van der Waals surface area contributed by atoms with Gasteiger partial charge < -0.3 is 10.4 Å². The fourth-order valence-electron chi connectivity index (χ4n) is 0.925. The minimum Gasteiger partial charge on any atom is -0.391 e. The fraction of sp³-hybridized carbons (Fsp3) is 0.889. The molecule has 0 radical (unpaired) electrons. The van der Waals surface area contributed by atoms with Crippen LogP contribution >= 0.6 is 0 Å². The Bertz CT molecular complexity index is 147. The molecule has 2 N–H and O–H groups in total. The van der Waals surface area contributed by atoms with Crippen molar-refractivity contribution in [1.82, 2.24) is 5.32 Å². The largest absolute Gasteiger partial charge is 0.391 e. The Morgan fingerprint density at radius 2 is 2.00 bits per heavy atom. The zero-order valence-corrected chi connectivity index (χ0v) is 8.29. The maximum absolute atomic E-state index is 10.9. The van der Waals surface area contributed by atoms with Gasteiger partial charge in [0.1, 0.15) is 5.78 Å². The van der Waals surface area contributed by atoms with E-state index in [0.29, 0.717) is 6.42 Å². The van der Waals surface area contributed by atoms with E-state index in [1.54, 1.807) is 14.0 Å². The number of hydrogen-bond donors (Lipinski definition) is 2. The topological polar surface area (TPSA) is 49.3 Å². The van der Waals surface area contributed by atoms with E-state index in [2.05, 4.69) is 5.32 Å². The number of ketones is 1. The zero-order valence-electron chi connectivity index (χ0n) is 8.29. The van der Waals surface area contributed by atoms with Crippen LogP contribution in [0.3, 0.4) is 0 Å². The molecule has 3 atom stereocenters. The summed E-state index contributed by atoms with van der Waals surface area (Å²) in [7, 11) is 1.80. The fourth-order valence-corrected chi connectivity index (χ4v) is 0.925. The van der Waals surface area contributed by atoms with E-state index in [-0.39, 0.29) is 17.7 Å². The summed E-state index contributed by atoms with van der Waals surface area (Å²) >= 11 is 0. The molecule has 0 aliphatic rings. The van der Waals surface area contributed by atoms with Crippen molar-refractivity contribution < 1.29 is 9.90 Å². The van der Waals surface area contributed by atoms with Crippen molar-refractivity contribution in [3.8, 4) is 0 Å². The SMILES string of the molecule is CNC(C)C(O)CC(C)C(C)=O. The van der Waals surface area contributed by atoms with Gasteiger partial charge in [-0.1, -0.05) is 6.92 Å². The van der Waals surface area contributed by atoms with Crippen LogP contribution in [0.2, 0.25) is 0 Å². The van der Waals surface area contributed by atoms with E-state index in [0.717, 1.165) is 0 Å². The zero-order chi connectivity index (χ0) is 9.72. The molecule has 0 aliphatic carbocycles. The molecular weight excluding hydrogens is 154 g/mol. The van der Waals surface area contributed by atoms with Crippen molar-refractivity contribution in [2.75, 3.05) is 7.05 Å². The summed E-state index contributed by atoms with van der Waals surface area (Å²) < 4.78 is 0. The third kappa shape index (κ3) is 3.83. The standard InChI is InChI=1S/C9H19NO2/c1-6(8(3)11)5-9(12)7(2)10-4/h6-7,9-10,12H,5H2,1-4H3. The predicted molar refractivity (Wildman–Crippen MR) is 49.0 cm³/mol. The number of rotatable bonds is 5. The van der Waals surface area contributed by atoms with E-state index < -0.39 is 6.10 Å². The lowest BCUT2D eigenvalue weighted by atomic mass is 9.97. The summed E-state index contributed by atoms with van der Waals surface area (Å²) in [6, 6.07) is 0.0480. The molecule has 0 fully saturated rings. The van der Waals surface area contributed by atoms with Crippen molar-refractivity contribution >= 4 is 5.78 Å². The van der Waals surface area contributed by atoms with Gasteiger partial charge in [-0.2, -0.15) is 0 Å². The Balaban J connectivity index is 3.83. The summed E-state index contributed by atoms with van der Waals surface area (Å²) in [5, 5.41) is 12.5. The summed E-state index contributed by atoms with van der Waals surface area (Å²) in [6.07, 6.45) is 0.103. The molecule has 0 heterocycles. The van der Waals surface area contributed by atoms with E-state index >= 15 is 0 Å². The number of carbonyl (C=O) groups excluding carboxylic acids is 1. The minimum absolute atomic E-state index is 0.0456. The van der Waals surface area contributed by atoms with Gasteiger partial charge in [0.2, 0.25) is 0 Å². The molecule has 0 bridgehead atoms. The van der Waals surface area contributed by atoms with Crippen LogP contribution in [0.4, 0.5) is 0 Å². The van der Waals surface area contributed by atoms with Crippen LogP contribution in [0.1, 0.15) is 27.2 Å². The summed E-state index contributed by atoms with van der Waals surface area (Å²) in [4.78, 5) is 10.9. The van der Waals surface area contributed by atoms with Crippen LogP contribution in [0, 0.1) is 5.92 Å². The van der Waals surface area contributed by atoms with Crippen molar-refractivity contribution in [3.05, 3.63) is 0 Å². The summed E-state index contributed by atoms with van der Waals surface area (Å²) in [5.74, 6) is 0.0909. The lowest BCUT2D eigenvalue weighted by Crippen LogP contribution is -2.36. The molecule has 3 nitrogen and oxygen atoms in total. The average molecular weight is 173 g/mol. The normalized spacial score (nSPS) is 18.4. The van der Waals surface area contributed by atoms with Gasteiger partial charge in [0.05, 0.1) is 6.10 Å². The monoisotopic (exact) mass is 173 g/mol. The molecule has 72 valence electrons. The molecule has 0 aromatic carbocycles. The lowest BCUT2D eigenvalue weighted by Gasteiger charge is -2.20. The Labute approximate surface area is 74.2 Å². The molecule has 12 heavy (non-hydrogen) atoms. The highest BCUT2D eigenvalue weighted by Crippen LogP contribution is 2.09. The van der Waals surface area contributed by atoms with Crippen molar-refractivity contribution in [2.24, 2.45) is 5.92 Å². The maximum Gasteiger partial charge on any atom is 0.132 e. The Morgan fingerprint density at radius 1 is 1.50 bits per heavy atom. The first kappa shape index (κ1) is 11.6. The lowest BCUT2D eigenvalue weighted by molar-refractivity contribution is -0.121. The second kappa shape index (κ2) is 5.27. The van der Waals surface area contributed by atoms with Gasteiger partial charge in [0, 0.05) is 12.0 Å². The molecule has 0 aromatic heterocycles. The van der Waals surface area contributed by atoms with Gasteiger partial charge in [-0.05, 0) is 27.3 Å². The van der Waals surface area contributed by atoms with E-state index in [1.807, 2.05) is 13.8 Å². The summed E-state index contributed by atoms with van der Waals surface area (Å²) in [6.45, 7) is 5.30. The molecule has 0 saturated carbocycles. The van der Waals surface area contributed by atoms with Gasteiger partial charge >= 0.3 is 0 Å². The van der Waals surface area contributed by atoms with E-state index in [4.69, 9.17) is 0 Å². The Hall–Kier alpha value is -0.410. The van der Waals surface area contributed by atoms with Crippen LogP contribution in [0.15, 0.2) is 0 Å². The quantitative estimate of drug-likeness (QED) is 0.639. The van der Waals surface area contributed by atoms with Gasteiger partial charge in [-0.25, -0.2) is 0 Å². The third-order valence-electron chi connectivity index (χ3n) is 2.32.